The third kappa shape index (κ3) is 2.94. The van der Waals surface area contributed by atoms with Crippen molar-refractivity contribution in [2.75, 3.05) is 6.54 Å². The summed E-state index contributed by atoms with van der Waals surface area (Å²) in [4.78, 5) is 17.9. The maximum absolute atomic E-state index is 13.9. The number of pyridine rings is 1. The fourth-order valence-electron chi connectivity index (χ4n) is 5.37. The molecule has 4 atom stereocenters. The zero-order valence-electron chi connectivity index (χ0n) is 16.7. The number of aromatic nitrogens is 3. The smallest absolute Gasteiger partial charge is 0.252 e. The first-order valence-electron chi connectivity index (χ1n) is 10.3. The van der Waals surface area contributed by atoms with Gasteiger partial charge in [-0.1, -0.05) is 0 Å². The molecule has 1 aromatic carbocycles. The summed E-state index contributed by atoms with van der Waals surface area (Å²) in [6.45, 7) is 2.41. The summed E-state index contributed by atoms with van der Waals surface area (Å²) < 4.78 is 13.9. The van der Waals surface area contributed by atoms with E-state index in [-0.39, 0.29) is 11.9 Å². The van der Waals surface area contributed by atoms with Crippen LogP contribution in [0, 0.1) is 30.5 Å². The number of benzene rings is 1. The van der Waals surface area contributed by atoms with Gasteiger partial charge in [0.25, 0.3) is 5.91 Å². The van der Waals surface area contributed by atoms with E-state index >= 15 is 0 Å². The quantitative estimate of drug-likeness (QED) is 0.529. The predicted octanol–water partition coefficient (Wildman–Crippen LogP) is 2.88. The lowest BCUT2D eigenvalue weighted by atomic mass is 9.84. The van der Waals surface area contributed by atoms with Gasteiger partial charge in [-0.3, -0.25) is 9.89 Å². The number of amides is 1. The van der Waals surface area contributed by atoms with Crippen LogP contribution in [0.15, 0.2) is 24.3 Å². The average molecular weight is 409 g/mol. The van der Waals surface area contributed by atoms with E-state index in [2.05, 4.69) is 20.5 Å². The topological polar surface area (TPSA) is 117 Å². The zero-order chi connectivity index (χ0) is 21.0. The van der Waals surface area contributed by atoms with Crippen LogP contribution < -0.4 is 11.1 Å². The molecule has 0 radical (unpaired) electrons. The number of aryl methyl sites for hydroxylation is 1. The Labute approximate surface area is 172 Å². The molecule has 7 nitrogen and oxygen atoms in total. The van der Waals surface area contributed by atoms with E-state index in [1.165, 1.54) is 18.6 Å². The van der Waals surface area contributed by atoms with Gasteiger partial charge in [0, 0.05) is 17.3 Å². The summed E-state index contributed by atoms with van der Waals surface area (Å²) in [5.74, 6) is 0.00308. The summed E-state index contributed by atoms with van der Waals surface area (Å²) in [7, 11) is 0. The first-order chi connectivity index (χ1) is 14.5. The second-order valence-electron chi connectivity index (χ2n) is 8.50. The minimum absolute atomic E-state index is 0.0752. The van der Waals surface area contributed by atoms with Crippen LogP contribution in [0.25, 0.3) is 22.3 Å². The summed E-state index contributed by atoms with van der Waals surface area (Å²) in [5, 5.41) is 20.5. The van der Waals surface area contributed by atoms with Gasteiger partial charge >= 0.3 is 0 Å². The standard InChI is InChI=1S/C22H24FN5O2/c1-10-19-14(22(30)26-20-13-3-2-11(6-13)15(20)9-24)8-17(25-21(19)28-27-10)12-4-5-18(29)16(23)7-12/h4-5,7-8,11,13,15,20,29H,2-3,6,9,24H2,1H3,(H,26,30)(H,25,27,28). The van der Waals surface area contributed by atoms with Gasteiger partial charge in [0.05, 0.1) is 16.6 Å². The van der Waals surface area contributed by atoms with Gasteiger partial charge in [-0.25, -0.2) is 9.37 Å². The second-order valence-corrected chi connectivity index (χ2v) is 8.50. The second kappa shape index (κ2) is 7.05. The largest absolute Gasteiger partial charge is 0.505 e. The number of phenols is 1. The van der Waals surface area contributed by atoms with Crippen molar-refractivity contribution in [2.24, 2.45) is 23.5 Å². The lowest BCUT2D eigenvalue weighted by Crippen LogP contribution is -2.46. The summed E-state index contributed by atoms with van der Waals surface area (Å²) in [6, 6.07) is 5.77. The molecule has 0 saturated heterocycles. The first kappa shape index (κ1) is 19.0. The number of hydrogen-bond donors (Lipinski definition) is 4. The highest BCUT2D eigenvalue weighted by atomic mass is 19.1. The fourth-order valence-corrected chi connectivity index (χ4v) is 5.37. The molecule has 2 bridgehead atoms. The number of halogens is 1. The fraction of sp³-hybridized carbons (Fsp3) is 0.409. The van der Waals surface area contributed by atoms with E-state index in [0.717, 1.165) is 18.5 Å². The lowest BCUT2D eigenvalue weighted by Gasteiger charge is -2.31. The molecule has 5 N–H and O–H groups in total. The van der Waals surface area contributed by atoms with Crippen LogP contribution >= 0.6 is 0 Å². The monoisotopic (exact) mass is 409 g/mol. The number of carbonyl (C=O) groups is 1. The Hall–Kier alpha value is -3.00. The highest BCUT2D eigenvalue weighted by Crippen LogP contribution is 2.48. The Bertz CT molecular complexity index is 1140. The number of carbonyl (C=O) groups excluding carboxylic acids is 1. The maximum Gasteiger partial charge on any atom is 0.252 e. The predicted molar refractivity (Wildman–Crippen MR) is 110 cm³/mol. The molecule has 8 heteroatoms. The summed E-state index contributed by atoms with van der Waals surface area (Å²) in [6.07, 6.45) is 3.44. The number of hydrogen-bond acceptors (Lipinski definition) is 5. The molecule has 2 fully saturated rings. The van der Waals surface area contributed by atoms with E-state index in [1.807, 2.05) is 6.92 Å². The molecule has 30 heavy (non-hydrogen) atoms. The molecule has 156 valence electrons. The molecule has 5 rings (SSSR count). The Morgan fingerprint density at radius 1 is 1.33 bits per heavy atom. The number of aromatic amines is 1. The Balaban J connectivity index is 1.55. The summed E-state index contributed by atoms with van der Waals surface area (Å²) in [5.41, 5.74) is 8.49. The van der Waals surface area contributed by atoms with Gasteiger partial charge in [0.15, 0.2) is 17.2 Å². The van der Waals surface area contributed by atoms with Crippen LogP contribution in [0.1, 0.15) is 35.3 Å². The van der Waals surface area contributed by atoms with Gasteiger partial charge in [-0.05, 0) is 74.8 Å². The van der Waals surface area contributed by atoms with Crippen LogP contribution in [-0.2, 0) is 0 Å². The van der Waals surface area contributed by atoms with Crippen molar-refractivity contribution >= 4 is 16.9 Å². The SMILES string of the molecule is Cc1[nH]nc2nc(-c3ccc(O)c(F)c3)cc(C(=O)NC3C4CCC(C4)C3CN)c12. The van der Waals surface area contributed by atoms with Crippen LogP contribution in [0.5, 0.6) is 5.75 Å². The molecular formula is C22H24FN5O2. The molecule has 2 aliphatic carbocycles. The number of phenolic OH excluding ortho intramolecular Hbond substituents is 1. The van der Waals surface area contributed by atoms with Gasteiger partial charge in [-0.15, -0.1) is 0 Å². The van der Waals surface area contributed by atoms with E-state index in [0.29, 0.717) is 52.2 Å². The Kier molecular flexibility index (Phi) is 4.47. The van der Waals surface area contributed by atoms with Crippen LogP contribution in [0.3, 0.4) is 0 Å². The van der Waals surface area contributed by atoms with Crippen molar-refractivity contribution in [3.63, 3.8) is 0 Å². The van der Waals surface area contributed by atoms with Crippen molar-refractivity contribution < 1.29 is 14.3 Å². The molecule has 4 unspecified atom stereocenters. The third-order valence-corrected chi connectivity index (χ3v) is 6.85. The highest BCUT2D eigenvalue weighted by Gasteiger charge is 2.47. The lowest BCUT2D eigenvalue weighted by molar-refractivity contribution is 0.0904. The number of aromatic hydroxyl groups is 1. The summed E-state index contributed by atoms with van der Waals surface area (Å²) >= 11 is 0. The molecule has 3 aromatic rings. The van der Waals surface area contributed by atoms with Gasteiger partial charge in [0.1, 0.15) is 0 Å². The maximum atomic E-state index is 13.9. The number of H-pyrrole nitrogens is 1. The number of nitrogens with zero attached hydrogens (tertiary/aromatic N) is 2. The van der Waals surface area contributed by atoms with Crippen LogP contribution in [0.2, 0.25) is 0 Å². The van der Waals surface area contributed by atoms with Crippen molar-refractivity contribution in [3.05, 3.63) is 41.3 Å². The normalized spacial score (nSPS) is 25.2. The minimum Gasteiger partial charge on any atom is -0.505 e. The highest BCUT2D eigenvalue weighted by molar-refractivity contribution is 6.07. The molecular weight excluding hydrogens is 385 g/mol. The van der Waals surface area contributed by atoms with E-state index < -0.39 is 11.6 Å². The number of nitrogens with two attached hydrogens (primary N) is 1. The zero-order valence-corrected chi connectivity index (χ0v) is 16.7. The van der Waals surface area contributed by atoms with E-state index in [9.17, 15) is 14.3 Å². The number of nitrogens with one attached hydrogen (secondary N) is 2. The van der Waals surface area contributed by atoms with Crippen molar-refractivity contribution in [3.8, 4) is 17.0 Å². The van der Waals surface area contributed by atoms with Gasteiger partial charge in [-0.2, -0.15) is 5.10 Å². The number of rotatable bonds is 4. The van der Waals surface area contributed by atoms with Gasteiger partial charge in [0.2, 0.25) is 0 Å². The van der Waals surface area contributed by atoms with Gasteiger partial charge < -0.3 is 16.2 Å². The molecule has 0 aliphatic heterocycles. The minimum atomic E-state index is -0.744. The molecule has 1 amide bonds. The van der Waals surface area contributed by atoms with E-state index in [4.69, 9.17) is 5.73 Å². The first-order valence-corrected chi connectivity index (χ1v) is 10.3. The molecule has 2 aliphatic rings. The van der Waals surface area contributed by atoms with Crippen molar-refractivity contribution in [1.29, 1.82) is 0 Å². The number of fused-ring (bicyclic) bond motifs is 3. The van der Waals surface area contributed by atoms with Crippen LogP contribution in [0.4, 0.5) is 4.39 Å². The van der Waals surface area contributed by atoms with E-state index in [1.54, 1.807) is 12.1 Å². The van der Waals surface area contributed by atoms with Crippen LogP contribution in [-0.4, -0.2) is 38.8 Å². The third-order valence-electron chi connectivity index (χ3n) is 6.85. The Morgan fingerprint density at radius 3 is 2.90 bits per heavy atom. The molecule has 2 aromatic heterocycles. The molecule has 0 spiro atoms. The Morgan fingerprint density at radius 2 is 2.13 bits per heavy atom. The molecule has 2 heterocycles. The molecule has 2 saturated carbocycles. The van der Waals surface area contributed by atoms with Crippen molar-refractivity contribution in [1.82, 2.24) is 20.5 Å². The average Bonchev–Trinajstić information content (AvgIpc) is 3.44. The van der Waals surface area contributed by atoms with Crippen molar-refractivity contribution in [2.45, 2.75) is 32.2 Å².